The lowest BCUT2D eigenvalue weighted by molar-refractivity contribution is -0.146. The summed E-state index contributed by atoms with van der Waals surface area (Å²) in [6.07, 6.45) is 12.8. The van der Waals surface area contributed by atoms with Crippen LogP contribution < -0.4 is 42.5 Å². The Kier molecular flexibility index (Phi) is 28.7. The van der Waals surface area contributed by atoms with Crippen LogP contribution in [0.4, 0.5) is 0 Å². The molecule has 440 valence electrons. The quantitative estimate of drug-likeness (QED) is 0.0299. The van der Waals surface area contributed by atoms with Crippen LogP contribution in [0.1, 0.15) is 219 Å². The minimum atomic E-state index is -1.62. The molecule has 2 fully saturated rings. The third kappa shape index (κ3) is 24.1. The van der Waals surface area contributed by atoms with Gasteiger partial charge in [-0.25, -0.2) is 0 Å². The zero-order chi connectivity index (χ0) is 58.3. The molecule has 0 aromatic heterocycles. The van der Waals surface area contributed by atoms with Gasteiger partial charge in [0.15, 0.2) is 0 Å². The highest BCUT2D eigenvalue weighted by atomic mass is 16.2. The zero-order valence-corrected chi connectivity index (χ0v) is 49.6. The van der Waals surface area contributed by atoms with Crippen molar-refractivity contribution in [1.29, 1.82) is 0 Å². The van der Waals surface area contributed by atoms with Crippen LogP contribution in [0.25, 0.3) is 0 Å². The van der Waals surface area contributed by atoms with E-state index in [1.54, 1.807) is 4.90 Å². The standard InChI is InChI=1S/C57H102N10O10/c1-15-17-19-20-21-23-25-44(67(36-68)46-26-24-32-66(46)47(70)27-22-18-16-2)51(74)61-43(35-39(7)8)50(73)63-56(11,12)53(76)62-41(33-37(3)4)48(71)60-42(34-38(5)6)49(72)64-57(13,14)54(77)65-55(9,10)52(75)58-31-30-45(69)59-40-28-29-40/h36-44,46H,15-35H2,1-14H3,(H,58,75)(H,59,69)(H,60,71)(H,61,74)(H,62,76)(H,63,73)(H,64,72)(H,65,77)/t41-,42-,43-,44-,46+/m0/s1. The van der Waals surface area contributed by atoms with E-state index in [-0.39, 0.29) is 67.8 Å². The fourth-order valence-electron chi connectivity index (χ4n) is 9.33. The van der Waals surface area contributed by atoms with E-state index in [9.17, 15) is 47.9 Å². The van der Waals surface area contributed by atoms with Crippen molar-refractivity contribution < 1.29 is 47.9 Å². The van der Waals surface area contributed by atoms with E-state index < -0.39 is 88.3 Å². The third-order valence-corrected chi connectivity index (χ3v) is 14.1. The lowest BCUT2D eigenvalue weighted by atomic mass is 9.96. The number of amides is 10. The number of hydrogen-bond acceptors (Lipinski definition) is 10. The lowest BCUT2D eigenvalue weighted by Crippen LogP contribution is -2.65. The smallest absolute Gasteiger partial charge is 0.246 e. The van der Waals surface area contributed by atoms with Gasteiger partial charge in [0, 0.05) is 32.0 Å². The molecule has 0 aromatic rings. The summed E-state index contributed by atoms with van der Waals surface area (Å²) in [5.74, 6) is -4.89. The van der Waals surface area contributed by atoms with Crippen LogP contribution >= 0.6 is 0 Å². The Morgan fingerprint density at radius 3 is 1.56 bits per heavy atom. The molecule has 1 saturated carbocycles. The number of unbranched alkanes of at least 4 members (excludes halogenated alkanes) is 7. The molecule has 20 nitrogen and oxygen atoms in total. The molecule has 1 heterocycles. The van der Waals surface area contributed by atoms with Crippen molar-refractivity contribution >= 4 is 59.6 Å². The molecule has 0 aromatic carbocycles. The molecule has 1 aliphatic heterocycles. The van der Waals surface area contributed by atoms with Crippen molar-refractivity contribution in [3.63, 3.8) is 0 Å². The molecule has 0 spiro atoms. The summed E-state index contributed by atoms with van der Waals surface area (Å²) in [6.45, 7) is 25.0. The molecule has 2 aliphatic rings. The van der Waals surface area contributed by atoms with Gasteiger partial charge in [-0.3, -0.25) is 47.9 Å². The maximum atomic E-state index is 14.5. The molecular weight excluding hydrogens is 985 g/mol. The average molecular weight is 1090 g/mol. The van der Waals surface area contributed by atoms with Crippen molar-refractivity contribution in [2.45, 2.75) is 272 Å². The number of rotatable bonds is 37. The van der Waals surface area contributed by atoms with Crippen LogP contribution in [0.3, 0.4) is 0 Å². The third-order valence-electron chi connectivity index (χ3n) is 14.1. The maximum Gasteiger partial charge on any atom is 0.246 e. The van der Waals surface area contributed by atoms with Crippen LogP contribution in [0.2, 0.25) is 0 Å². The van der Waals surface area contributed by atoms with E-state index >= 15 is 0 Å². The Balaban J connectivity index is 2.27. The van der Waals surface area contributed by atoms with Crippen LogP contribution in [-0.2, 0) is 47.9 Å². The molecule has 1 saturated heterocycles. The van der Waals surface area contributed by atoms with Crippen LogP contribution in [0.5, 0.6) is 0 Å². The van der Waals surface area contributed by atoms with Gasteiger partial charge < -0.3 is 52.3 Å². The van der Waals surface area contributed by atoms with Crippen LogP contribution in [0, 0.1) is 17.8 Å². The topological polar surface area (TPSA) is 273 Å². The Labute approximate surface area is 461 Å². The largest absolute Gasteiger partial charge is 0.354 e. The predicted molar refractivity (Wildman–Crippen MR) is 298 cm³/mol. The Morgan fingerprint density at radius 1 is 0.558 bits per heavy atom. The van der Waals surface area contributed by atoms with Gasteiger partial charge in [0.2, 0.25) is 59.6 Å². The molecule has 2 rings (SSSR count). The summed E-state index contributed by atoms with van der Waals surface area (Å²) < 4.78 is 0. The van der Waals surface area contributed by atoms with E-state index in [2.05, 4.69) is 56.4 Å². The number of carbonyl (C=O) groups is 10. The lowest BCUT2D eigenvalue weighted by Gasteiger charge is -2.38. The molecule has 5 atom stereocenters. The van der Waals surface area contributed by atoms with Crippen LogP contribution in [-0.4, -0.2) is 135 Å². The summed E-state index contributed by atoms with van der Waals surface area (Å²) in [5, 5.41) is 22.3. The minimum absolute atomic E-state index is 0.0482. The monoisotopic (exact) mass is 1090 g/mol. The summed E-state index contributed by atoms with van der Waals surface area (Å²) in [6, 6.07) is -4.18. The molecule has 0 unspecified atom stereocenters. The first-order valence-electron chi connectivity index (χ1n) is 29.0. The first-order valence-corrected chi connectivity index (χ1v) is 29.0. The van der Waals surface area contributed by atoms with Gasteiger partial charge in [-0.05, 0) is 117 Å². The summed E-state index contributed by atoms with van der Waals surface area (Å²) in [5.41, 5.74) is -4.60. The molecule has 8 N–H and O–H groups in total. The minimum Gasteiger partial charge on any atom is -0.354 e. The van der Waals surface area contributed by atoms with Crippen molar-refractivity contribution in [2.75, 3.05) is 13.1 Å². The Bertz CT molecular complexity index is 1970. The highest BCUT2D eigenvalue weighted by Gasteiger charge is 2.42. The summed E-state index contributed by atoms with van der Waals surface area (Å²) in [4.78, 5) is 140. The fourth-order valence-corrected chi connectivity index (χ4v) is 9.33. The zero-order valence-electron chi connectivity index (χ0n) is 49.6. The van der Waals surface area contributed by atoms with E-state index in [1.807, 2.05) is 41.5 Å². The van der Waals surface area contributed by atoms with Gasteiger partial charge in [-0.15, -0.1) is 0 Å². The average Bonchev–Trinajstić information content (AvgIpc) is 4.01. The number of hydrogen-bond donors (Lipinski definition) is 8. The Morgan fingerprint density at radius 2 is 1.04 bits per heavy atom. The van der Waals surface area contributed by atoms with Crippen LogP contribution in [0.15, 0.2) is 0 Å². The van der Waals surface area contributed by atoms with E-state index in [0.717, 1.165) is 64.2 Å². The van der Waals surface area contributed by atoms with Gasteiger partial charge in [-0.1, -0.05) is 107 Å². The first kappa shape index (κ1) is 67.8. The SMILES string of the molecule is CCCCCCCC[C@@H](C(=O)N[C@@H](CC(C)C)C(=O)NC(C)(C)C(=O)N[C@@H](CC(C)C)C(=O)N[C@@H](CC(C)C)C(=O)NC(C)(C)C(=O)NC(C)(C)C(=O)NCCC(=O)NC1CC1)N(C=O)[C@@H]1CCCN1C(=O)CCCCC. The molecule has 77 heavy (non-hydrogen) atoms. The highest BCUT2D eigenvalue weighted by molar-refractivity contribution is 5.99. The second kappa shape index (κ2) is 32.6. The molecule has 10 amide bonds. The second-order valence-electron chi connectivity index (χ2n) is 24.5. The molecule has 0 bridgehead atoms. The van der Waals surface area contributed by atoms with E-state index in [1.165, 1.54) is 46.4 Å². The summed E-state index contributed by atoms with van der Waals surface area (Å²) >= 11 is 0. The van der Waals surface area contributed by atoms with Gasteiger partial charge in [-0.2, -0.15) is 0 Å². The molecule has 1 aliphatic carbocycles. The van der Waals surface area contributed by atoms with Crippen molar-refractivity contribution in [1.82, 2.24) is 52.3 Å². The molecule has 20 heteroatoms. The maximum absolute atomic E-state index is 14.5. The number of carbonyl (C=O) groups excluding carboxylic acids is 10. The van der Waals surface area contributed by atoms with Gasteiger partial charge in [0.25, 0.3) is 0 Å². The van der Waals surface area contributed by atoms with Crippen molar-refractivity contribution in [2.24, 2.45) is 17.8 Å². The molecule has 0 radical (unpaired) electrons. The molecular formula is C57H102N10O10. The Hall–Kier alpha value is -5.30. The normalized spacial score (nSPS) is 16.4. The van der Waals surface area contributed by atoms with Gasteiger partial charge >= 0.3 is 0 Å². The fraction of sp³-hybridized carbons (Fsp3) is 0.825. The number of nitrogens with one attached hydrogen (secondary N) is 8. The van der Waals surface area contributed by atoms with Gasteiger partial charge in [0.05, 0.1) is 0 Å². The van der Waals surface area contributed by atoms with E-state index in [0.29, 0.717) is 45.1 Å². The highest BCUT2D eigenvalue weighted by Crippen LogP contribution is 2.26. The van der Waals surface area contributed by atoms with Gasteiger partial charge in [0.1, 0.15) is 46.9 Å². The predicted octanol–water partition coefficient (Wildman–Crippen LogP) is 5.15. The van der Waals surface area contributed by atoms with Crippen molar-refractivity contribution in [3.8, 4) is 0 Å². The number of likely N-dealkylation sites (tertiary alicyclic amines) is 1. The van der Waals surface area contributed by atoms with E-state index in [4.69, 9.17) is 0 Å². The second-order valence-corrected chi connectivity index (χ2v) is 24.5. The number of nitrogens with zero attached hydrogens (tertiary/aromatic N) is 2. The van der Waals surface area contributed by atoms with Crippen molar-refractivity contribution in [3.05, 3.63) is 0 Å². The summed E-state index contributed by atoms with van der Waals surface area (Å²) in [7, 11) is 0. The first-order chi connectivity index (χ1) is 36.0.